The lowest BCUT2D eigenvalue weighted by Gasteiger charge is -2.13. The highest BCUT2D eigenvalue weighted by Gasteiger charge is 2.18. The summed E-state index contributed by atoms with van der Waals surface area (Å²) in [5.74, 6) is -0.0763. The average molecular weight is 463 g/mol. The number of hydrogen-bond acceptors (Lipinski definition) is 6. The smallest absolute Gasteiger partial charge is 0.261 e. The topological polar surface area (TPSA) is 114 Å². The summed E-state index contributed by atoms with van der Waals surface area (Å²) >= 11 is 5.89. The van der Waals surface area contributed by atoms with Gasteiger partial charge >= 0.3 is 0 Å². The van der Waals surface area contributed by atoms with E-state index in [0.717, 1.165) is 6.07 Å². The van der Waals surface area contributed by atoms with Crippen LogP contribution in [-0.2, 0) is 10.0 Å². The Morgan fingerprint density at radius 3 is 2.39 bits per heavy atom. The predicted octanol–water partition coefficient (Wildman–Crippen LogP) is 4.12. The van der Waals surface area contributed by atoms with Gasteiger partial charge in [0.25, 0.3) is 15.9 Å². The van der Waals surface area contributed by atoms with Gasteiger partial charge in [0, 0.05) is 10.6 Å². The van der Waals surface area contributed by atoms with E-state index in [1.54, 1.807) is 24.3 Å². The van der Waals surface area contributed by atoms with Crippen molar-refractivity contribution < 1.29 is 27.8 Å². The number of ether oxygens (including phenoxy) is 2. The number of nitrogens with one attached hydrogen (secondary N) is 2. The zero-order valence-corrected chi connectivity index (χ0v) is 18.1. The van der Waals surface area contributed by atoms with Gasteiger partial charge in [-0.25, -0.2) is 8.42 Å². The Bertz CT molecular complexity index is 1230. The molecule has 0 heterocycles. The van der Waals surface area contributed by atoms with Crippen LogP contribution in [-0.4, -0.2) is 33.7 Å². The van der Waals surface area contributed by atoms with Gasteiger partial charge < -0.3 is 19.9 Å². The molecule has 0 aliphatic carbocycles. The molecule has 0 bridgehead atoms. The lowest BCUT2D eigenvalue weighted by Crippen LogP contribution is -2.15. The Balaban J connectivity index is 1.86. The van der Waals surface area contributed by atoms with Gasteiger partial charge in [-0.15, -0.1) is 0 Å². The lowest BCUT2D eigenvalue weighted by molar-refractivity contribution is 0.102. The summed E-state index contributed by atoms with van der Waals surface area (Å²) in [7, 11) is -1.09. The van der Waals surface area contributed by atoms with E-state index in [4.69, 9.17) is 21.1 Å². The van der Waals surface area contributed by atoms with Gasteiger partial charge in [-0.1, -0.05) is 17.7 Å². The average Bonchev–Trinajstić information content (AvgIpc) is 2.74. The van der Waals surface area contributed by atoms with Crippen molar-refractivity contribution in [3.8, 4) is 17.2 Å². The molecule has 3 aromatic carbocycles. The molecular weight excluding hydrogens is 444 g/mol. The fraction of sp³-hybridized carbons (Fsp3) is 0.0952. The molecule has 0 saturated heterocycles. The third kappa shape index (κ3) is 5.19. The second-order valence-corrected chi connectivity index (χ2v) is 8.44. The number of hydrogen-bond donors (Lipinski definition) is 3. The van der Waals surface area contributed by atoms with Crippen LogP contribution >= 0.6 is 11.6 Å². The molecular formula is C21H19ClN2O6S. The third-order valence-electron chi connectivity index (χ3n) is 4.25. The van der Waals surface area contributed by atoms with Crippen LogP contribution in [0.15, 0.2) is 65.6 Å². The van der Waals surface area contributed by atoms with E-state index in [9.17, 15) is 18.3 Å². The second-order valence-electron chi connectivity index (χ2n) is 6.32. The van der Waals surface area contributed by atoms with Gasteiger partial charge in [0.2, 0.25) is 0 Å². The number of rotatable bonds is 7. The molecule has 3 N–H and O–H groups in total. The number of carbonyl (C=O) groups is 1. The van der Waals surface area contributed by atoms with Crippen LogP contribution in [0, 0.1) is 0 Å². The monoisotopic (exact) mass is 462 g/mol. The van der Waals surface area contributed by atoms with Crippen LogP contribution in [0.25, 0.3) is 0 Å². The second kappa shape index (κ2) is 9.15. The van der Waals surface area contributed by atoms with E-state index in [0.29, 0.717) is 16.5 Å². The highest BCUT2D eigenvalue weighted by molar-refractivity contribution is 7.92. The number of benzene rings is 3. The van der Waals surface area contributed by atoms with Gasteiger partial charge in [0.15, 0.2) is 11.5 Å². The predicted molar refractivity (Wildman–Crippen MR) is 118 cm³/mol. The van der Waals surface area contributed by atoms with Crippen LogP contribution in [0.5, 0.6) is 17.2 Å². The Hall–Kier alpha value is -3.43. The van der Waals surface area contributed by atoms with E-state index >= 15 is 0 Å². The number of amides is 1. The molecule has 3 rings (SSSR count). The molecule has 0 aromatic heterocycles. The summed E-state index contributed by atoms with van der Waals surface area (Å²) in [6.07, 6.45) is 0. The van der Waals surface area contributed by atoms with Crippen LogP contribution in [0.3, 0.4) is 0 Å². The quantitative estimate of drug-likeness (QED) is 0.455. The molecule has 0 unspecified atom stereocenters. The van der Waals surface area contributed by atoms with Crippen LogP contribution < -0.4 is 19.5 Å². The highest BCUT2D eigenvalue weighted by atomic mass is 35.5. The van der Waals surface area contributed by atoms with E-state index in [1.165, 1.54) is 44.6 Å². The number of phenolic OH excluding ortho intramolecular Hbond substituents is 1. The van der Waals surface area contributed by atoms with Crippen LogP contribution in [0.2, 0.25) is 5.02 Å². The minimum Gasteiger partial charge on any atom is -0.506 e. The first-order valence-corrected chi connectivity index (χ1v) is 10.7. The zero-order valence-electron chi connectivity index (χ0n) is 16.5. The molecule has 0 radical (unpaired) electrons. The molecule has 10 heteroatoms. The molecule has 8 nitrogen and oxygen atoms in total. The Morgan fingerprint density at radius 2 is 1.71 bits per heavy atom. The number of methoxy groups -OCH3 is 2. The number of carbonyl (C=O) groups excluding carboxylic acids is 1. The van der Waals surface area contributed by atoms with E-state index in [1.807, 2.05) is 0 Å². The number of phenols is 1. The minimum atomic E-state index is -4.00. The number of sulfonamides is 1. The minimum absolute atomic E-state index is 0.0752. The lowest BCUT2D eigenvalue weighted by atomic mass is 10.1. The van der Waals surface area contributed by atoms with Crippen LogP contribution in [0.4, 0.5) is 11.4 Å². The van der Waals surface area contributed by atoms with E-state index in [-0.39, 0.29) is 27.6 Å². The van der Waals surface area contributed by atoms with Gasteiger partial charge in [0.05, 0.1) is 30.5 Å². The molecule has 3 aromatic rings. The molecule has 0 aliphatic rings. The van der Waals surface area contributed by atoms with Crippen molar-refractivity contribution in [2.45, 2.75) is 4.90 Å². The maximum atomic E-state index is 12.7. The SMILES string of the molecule is COc1ccc(C(=O)Nc2cc(S(=O)(=O)Nc3cccc(Cl)c3)ccc2O)cc1OC. The van der Waals surface area contributed by atoms with Gasteiger partial charge in [-0.2, -0.15) is 0 Å². The van der Waals surface area contributed by atoms with Gasteiger partial charge in [0.1, 0.15) is 5.75 Å². The fourth-order valence-electron chi connectivity index (χ4n) is 2.72. The molecule has 1 amide bonds. The van der Waals surface area contributed by atoms with Crippen molar-refractivity contribution >= 4 is 38.9 Å². The number of aromatic hydroxyl groups is 1. The maximum absolute atomic E-state index is 12.7. The third-order valence-corrected chi connectivity index (χ3v) is 5.86. The van der Waals surface area contributed by atoms with Crippen molar-refractivity contribution in [2.24, 2.45) is 0 Å². The Morgan fingerprint density at radius 1 is 0.968 bits per heavy atom. The van der Waals surface area contributed by atoms with E-state index in [2.05, 4.69) is 10.0 Å². The van der Waals surface area contributed by atoms with Gasteiger partial charge in [-0.05, 0) is 54.6 Å². The summed E-state index contributed by atoms with van der Waals surface area (Å²) in [6, 6.07) is 14.3. The first-order valence-electron chi connectivity index (χ1n) is 8.88. The molecule has 0 spiro atoms. The van der Waals surface area contributed by atoms with Crippen molar-refractivity contribution in [2.75, 3.05) is 24.3 Å². The van der Waals surface area contributed by atoms with Crippen molar-refractivity contribution in [3.63, 3.8) is 0 Å². The summed E-state index contributed by atoms with van der Waals surface area (Å²) in [5.41, 5.74) is 0.424. The molecule has 0 fully saturated rings. The van der Waals surface area contributed by atoms with Gasteiger partial charge in [-0.3, -0.25) is 9.52 Å². The van der Waals surface area contributed by atoms with Crippen molar-refractivity contribution in [1.82, 2.24) is 0 Å². The number of halogens is 1. The Labute approximate surface area is 184 Å². The summed E-state index contributed by atoms with van der Waals surface area (Å²) < 4.78 is 38.1. The molecule has 0 atom stereocenters. The standard InChI is InChI=1S/C21H19ClN2O6S/c1-29-19-9-6-13(10-20(19)30-2)21(26)23-17-12-16(7-8-18(17)25)31(27,28)24-15-5-3-4-14(22)11-15/h3-12,24-25H,1-2H3,(H,23,26). The van der Waals surface area contributed by atoms with Crippen molar-refractivity contribution in [3.05, 3.63) is 71.2 Å². The summed E-state index contributed by atoms with van der Waals surface area (Å²) in [4.78, 5) is 12.5. The zero-order chi connectivity index (χ0) is 22.6. The maximum Gasteiger partial charge on any atom is 0.261 e. The highest BCUT2D eigenvalue weighted by Crippen LogP contribution is 2.30. The first-order chi connectivity index (χ1) is 14.7. The Kier molecular flexibility index (Phi) is 6.57. The normalized spacial score (nSPS) is 10.9. The summed E-state index contributed by atoms with van der Waals surface area (Å²) in [6.45, 7) is 0. The van der Waals surface area contributed by atoms with Crippen molar-refractivity contribution in [1.29, 1.82) is 0 Å². The molecule has 31 heavy (non-hydrogen) atoms. The molecule has 0 aliphatic heterocycles. The fourth-order valence-corrected chi connectivity index (χ4v) is 3.99. The van der Waals surface area contributed by atoms with Crippen LogP contribution in [0.1, 0.15) is 10.4 Å². The largest absolute Gasteiger partial charge is 0.506 e. The number of anilines is 2. The molecule has 0 saturated carbocycles. The molecule has 162 valence electrons. The first kappa shape index (κ1) is 22.3. The van der Waals surface area contributed by atoms with E-state index < -0.39 is 15.9 Å². The summed E-state index contributed by atoms with van der Waals surface area (Å²) in [5, 5.41) is 13.0.